The van der Waals surface area contributed by atoms with E-state index >= 15 is 0 Å². The summed E-state index contributed by atoms with van der Waals surface area (Å²) in [5.41, 5.74) is 2.17. The molecule has 1 aliphatic heterocycles. The normalized spacial score (nSPS) is 16.0. The Morgan fingerprint density at radius 2 is 1.95 bits per heavy atom. The lowest BCUT2D eigenvalue weighted by Gasteiger charge is -2.34. The number of hydrogen-bond acceptors (Lipinski definition) is 4. The Bertz CT molecular complexity index is 482. The lowest BCUT2D eigenvalue weighted by Crippen LogP contribution is -2.50. The van der Waals surface area contributed by atoms with Crippen LogP contribution in [-0.2, 0) is 4.79 Å². The van der Waals surface area contributed by atoms with E-state index in [0.29, 0.717) is 19.6 Å². The minimum Gasteiger partial charge on any atom is -0.483 e. The van der Waals surface area contributed by atoms with Gasteiger partial charge < -0.3 is 14.7 Å². The number of hydrogen-bond donors (Lipinski definition) is 1. The Morgan fingerprint density at radius 1 is 1.24 bits per heavy atom. The van der Waals surface area contributed by atoms with Crippen LogP contribution in [0.5, 0.6) is 5.75 Å². The number of rotatable bonds is 5. The van der Waals surface area contributed by atoms with Crippen molar-refractivity contribution in [1.82, 2.24) is 9.80 Å². The first-order valence-corrected chi connectivity index (χ1v) is 7.41. The highest BCUT2D eigenvalue weighted by Gasteiger charge is 2.21. The zero-order valence-electron chi connectivity index (χ0n) is 12.8. The molecule has 1 amide bonds. The summed E-state index contributed by atoms with van der Waals surface area (Å²) in [6, 6.07) is 6.00. The minimum absolute atomic E-state index is 0.0274. The molecule has 2 rings (SSSR count). The van der Waals surface area contributed by atoms with E-state index in [1.807, 2.05) is 36.9 Å². The van der Waals surface area contributed by atoms with Gasteiger partial charge >= 0.3 is 0 Å². The lowest BCUT2D eigenvalue weighted by molar-refractivity contribution is -0.135. The Balaban J connectivity index is 1.81. The predicted molar refractivity (Wildman–Crippen MR) is 81.5 cm³/mol. The van der Waals surface area contributed by atoms with Gasteiger partial charge in [-0.05, 0) is 31.0 Å². The number of benzene rings is 1. The van der Waals surface area contributed by atoms with E-state index in [0.717, 1.165) is 30.0 Å². The third-order valence-corrected chi connectivity index (χ3v) is 3.84. The van der Waals surface area contributed by atoms with E-state index in [4.69, 9.17) is 9.84 Å². The van der Waals surface area contributed by atoms with Crippen LogP contribution in [0.15, 0.2) is 18.2 Å². The average Bonchev–Trinajstić information content (AvgIpc) is 2.49. The van der Waals surface area contributed by atoms with Gasteiger partial charge in [-0.25, -0.2) is 0 Å². The Morgan fingerprint density at radius 3 is 2.62 bits per heavy atom. The highest BCUT2D eigenvalue weighted by Crippen LogP contribution is 2.19. The standard InChI is InChI=1S/C16H24N2O3/c1-13-3-4-14(2)15(11-13)21-12-16(20)18-7-5-17(6-8-18)9-10-19/h3-4,11,19H,5-10,12H2,1-2H3. The molecule has 0 bridgehead atoms. The summed E-state index contributed by atoms with van der Waals surface area (Å²) in [6.07, 6.45) is 0. The number of nitrogens with zero attached hydrogens (tertiary/aromatic N) is 2. The fourth-order valence-corrected chi connectivity index (χ4v) is 2.46. The third-order valence-electron chi connectivity index (χ3n) is 3.84. The molecular weight excluding hydrogens is 268 g/mol. The summed E-state index contributed by atoms with van der Waals surface area (Å²) >= 11 is 0. The van der Waals surface area contributed by atoms with Gasteiger partial charge in [0.1, 0.15) is 5.75 Å². The lowest BCUT2D eigenvalue weighted by atomic mass is 10.1. The summed E-state index contributed by atoms with van der Waals surface area (Å²) in [6.45, 7) is 7.96. The summed E-state index contributed by atoms with van der Waals surface area (Å²) in [5, 5.41) is 8.91. The molecule has 0 unspecified atom stereocenters. The molecule has 116 valence electrons. The van der Waals surface area contributed by atoms with E-state index in [2.05, 4.69) is 4.90 Å². The molecular formula is C16H24N2O3. The summed E-state index contributed by atoms with van der Waals surface area (Å²) in [5.74, 6) is 0.807. The predicted octanol–water partition coefficient (Wildman–Crippen LogP) is 0.819. The van der Waals surface area contributed by atoms with Gasteiger partial charge in [-0.2, -0.15) is 0 Å². The molecule has 5 heteroatoms. The molecule has 1 saturated heterocycles. The molecule has 1 heterocycles. The molecule has 5 nitrogen and oxygen atoms in total. The number of aliphatic hydroxyl groups is 1. The SMILES string of the molecule is Cc1ccc(C)c(OCC(=O)N2CCN(CCO)CC2)c1. The maximum atomic E-state index is 12.2. The van der Waals surface area contributed by atoms with Gasteiger partial charge in [0.15, 0.2) is 6.61 Å². The topological polar surface area (TPSA) is 53.0 Å². The van der Waals surface area contributed by atoms with Gasteiger partial charge in [0.05, 0.1) is 6.61 Å². The number of aryl methyl sites for hydroxylation is 2. The van der Waals surface area contributed by atoms with Crippen LogP contribution < -0.4 is 4.74 Å². The van der Waals surface area contributed by atoms with Crippen molar-refractivity contribution in [2.24, 2.45) is 0 Å². The maximum absolute atomic E-state index is 12.2. The molecule has 1 fully saturated rings. The Hall–Kier alpha value is -1.59. The number of β-amino-alcohol motifs (C(OH)–C–C–N with tert-alkyl or cyclic N) is 1. The third kappa shape index (κ3) is 4.44. The van der Waals surface area contributed by atoms with Crippen molar-refractivity contribution in [1.29, 1.82) is 0 Å². The van der Waals surface area contributed by atoms with Crippen molar-refractivity contribution in [2.45, 2.75) is 13.8 Å². The van der Waals surface area contributed by atoms with E-state index in [1.165, 1.54) is 0 Å². The average molecular weight is 292 g/mol. The molecule has 0 saturated carbocycles. The highest BCUT2D eigenvalue weighted by molar-refractivity contribution is 5.78. The molecule has 0 aliphatic carbocycles. The van der Waals surface area contributed by atoms with Crippen LogP contribution in [0, 0.1) is 13.8 Å². The van der Waals surface area contributed by atoms with Crippen molar-refractivity contribution in [3.05, 3.63) is 29.3 Å². The fraction of sp³-hybridized carbons (Fsp3) is 0.562. The second kappa shape index (κ2) is 7.43. The summed E-state index contributed by atoms with van der Waals surface area (Å²) < 4.78 is 5.66. The summed E-state index contributed by atoms with van der Waals surface area (Å²) in [7, 11) is 0. The number of piperazine rings is 1. The van der Waals surface area contributed by atoms with Crippen molar-refractivity contribution in [3.63, 3.8) is 0 Å². The first kappa shape index (κ1) is 15.8. The molecule has 1 aliphatic rings. The number of amides is 1. The van der Waals surface area contributed by atoms with Gasteiger partial charge in [-0.1, -0.05) is 12.1 Å². The summed E-state index contributed by atoms with van der Waals surface area (Å²) in [4.78, 5) is 16.2. The second-order valence-electron chi connectivity index (χ2n) is 5.50. The number of ether oxygens (including phenoxy) is 1. The molecule has 21 heavy (non-hydrogen) atoms. The molecule has 1 aromatic rings. The van der Waals surface area contributed by atoms with Crippen molar-refractivity contribution < 1.29 is 14.6 Å². The van der Waals surface area contributed by atoms with Crippen LogP contribution in [0.4, 0.5) is 0 Å². The molecule has 0 aromatic heterocycles. The number of aliphatic hydroxyl groups excluding tert-OH is 1. The van der Waals surface area contributed by atoms with Gasteiger partial charge in [-0.3, -0.25) is 9.69 Å². The van der Waals surface area contributed by atoms with Crippen LogP contribution >= 0.6 is 0 Å². The first-order valence-electron chi connectivity index (χ1n) is 7.41. The Labute approximate surface area is 126 Å². The van der Waals surface area contributed by atoms with Crippen LogP contribution in [0.1, 0.15) is 11.1 Å². The second-order valence-corrected chi connectivity index (χ2v) is 5.50. The molecule has 1 N–H and O–H groups in total. The van der Waals surface area contributed by atoms with Crippen LogP contribution in [-0.4, -0.2) is 66.8 Å². The van der Waals surface area contributed by atoms with E-state index < -0.39 is 0 Å². The quantitative estimate of drug-likeness (QED) is 0.873. The van der Waals surface area contributed by atoms with Crippen LogP contribution in [0.25, 0.3) is 0 Å². The molecule has 0 spiro atoms. The van der Waals surface area contributed by atoms with E-state index in [9.17, 15) is 4.79 Å². The maximum Gasteiger partial charge on any atom is 0.260 e. The first-order chi connectivity index (χ1) is 10.1. The monoisotopic (exact) mass is 292 g/mol. The van der Waals surface area contributed by atoms with Gasteiger partial charge in [0.25, 0.3) is 5.91 Å². The number of carbonyl (C=O) groups excluding carboxylic acids is 1. The van der Waals surface area contributed by atoms with Gasteiger partial charge in [-0.15, -0.1) is 0 Å². The van der Waals surface area contributed by atoms with E-state index in [-0.39, 0.29) is 19.1 Å². The highest BCUT2D eigenvalue weighted by atomic mass is 16.5. The zero-order valence-corrected chi connectivity index (χ0v) is 12.8. The fourth-order valence-electron chi connectivity index (χ4n) is 2.46. The smallest absolute Gasteiger partial charge is 0.260 e. The van der Waals surface area contributed by atoms with Crippen molar-refractivity contribution in [2.75, 3.05) is 45.9 Å². The minimum atomic E-state index is 0.0274. The zero-order chi connectivity index (χ0) is 15.2. The van der Waals surface area contributed by atoms with Gasteiger partial charge in [0.2, 0.25) is 0 Å². The van der Waals surface area contributed by atoms with E-state index in [1.54, 1.807) is 0 Å². The molecule has 1 aromatic carbocycles. The Kier molecular flexibility index (Phi) is 5.59. The van der Waals surface area contributed by atoms with Crippen LogP contribution in [0.3, 0.4) is 0 Å². The van der Waals surface area contributed by atoms with Gasteiger partial charge in [0, 0.05) is 32.7 Å². The largest absolute Gasteiger partial charge is 0.483 e. The van der Waals surface area contributed by atoms with Crippen molar-refractivity contribution >= 4 is 5.91 Å². The van der Waals surface area contributed by atoms with Crippen LogP contribution in [0.2, 0.25) is 0 Å². The van der Waals surface area contributed by atoms with Crippen molar-refractivity contribution in [3.8, 4) is 5.75 Å². The number of carbonyl (C=O) groups is 1. The molecule has 0 atom stereocenters. The molecule has 0 radical (unpaired) electrons.